The van der Waals surface area contributed by atoms with Crippen molar-refractivity contribution in [2.75, 3.05) is 13.1 Å². The number of nitrogens with one attached hydrogen (secondary N) is 1. The fraction of sp³-hybridized carbons (Fsp3) is 0.889. The molecule has 0 aromatic carbocycles. The molecular formula is C9H19ClN2O2. The van der Waals surface area contributed by atoms with Crippen molar-refractivity contribution in [1.82, 2.24) is 5.32 Å². The van der Waals surface area contributed by atoms with Crippen LogP contribution < -0.4 is 11.1 Å². The van der Waals surface area contributed by atoms with Gasteiger partial charge in [0.05, 0.1) is 6.10 Å². The van der Waals surface area contributed by atoms with E-state index in [0.29, 0.717) is 12.8 Å². The zero-order valence-electron chi connectivity index (χ0n) is 8.71. The second-order valence-corrected chi connectivity index (χ2v) is 3.78. The van der Waals surface area contributed by atoms with Gasteiger partial charge in [0, 0.05) is 0 Å². The van der Waals surface area contributed by atoms with E-state index in [9.17, 15) is 4.79 Å². The van der Waals surface area contributed by atoms with Crippen LogP contribution in [0, 0.1) is 0 Å². The minimum Gasteiger partial charge on any atom is -0.367 e. The molecule has 0 atom stereocenters. The van der Waals surface area contributed by atoms with E-state index in [1.54, 1.807) is 0 Å². The molecule has 1 rings (SSSR count). The summed E-state index contributed by atoms with van der Waals surface area (Å²) in [7, 11) is 0. The van der Waals surface area contributed by atoms with Gasteiger partial charge in [-0.15, -0.1) is 12.4 Å². The third kappa shape index (κ3) is 3.12. The first kappa shape index (κ1) is 13.7. The molecule has 5 heteroatoms. The standard InChI is InChI=1S/C9H18N2O2.ClH/c1-7(2)13-9(8(10)12)3-5-11-6-4-9;/h7,11H,3-6H2,1-2H3,(H2,10,12);1H. The number of amides is 1. The summed E-state index contributed by atoms with van der Waals surface area (Å²) in [5.74, 6) is -0.331. The van der Waals surface area contributed by atoms with Gasteiger partial charge in [-0.2, -0.15) is 0 Å². The minimum absolute atomic E-state index is 0. The lowest BCUT2D eigenvalue weighted by atomic mass is 9.91. The second kappa shape index (κ2) is 5.53. The Labute approximate surface area is 91.0 Å². The molecule has 1 fully saturated rings. The summed E-state index contributed by atoms with van der Waals surface area (Å²) >= 11 is 0. The Morgan fingerprint density at radius 1 is 1.43 bits per heavy atom. The van der Waals surface area contributed by atoms with Crippen molar-refractivity contribution < 1.29 is 9.53 Å². The highest BCUT2D eigenvalue weighted by Crippen LogP contribution is 2.24. The molecule has 0 spiro atoms. The Balaban J connectivity index is 0.00000169. The largest absolute Gasteiger partial charge is 0.367 e. The number of piperidine rings is 1. The molecular weight excluding hydrogens is 204 g/mol. The quantitative estimate of drug-likeness (QED) is 0.729. The smallest absolute Gasteiger partial charge is 0.249 e. The molecule has 1 amide bonds. The molecule has 1 aliphatic rings. The van der Waals surface area contributed by atoms with Crippen LogP contribution in [0.15, 0.2) is 0 Å². The van der Waals surface area contributed by atoms with Gasteiger partial charge in [-0.1, -0.05) is 0 Å². The Morgan fingerprint density at radius 3 is 2.29 bits per heavy atom. The number of primary amides is 1. The maximum Gasteiger partial charge on any atom is 0.249 e. The number of halogens is 1. The van der Waals surface area contributed by atoms with E-state index in [0.717, 1.165) is 13.1 Å². The van der Waals surface area contributed by atoms with Crippen LogP contribution in [0.1, 0.15) is 26.7 Å². The van der Waals surface area contributed by atoms with Gasteiger partial charge < -0.3 is 15.8 Å². The summed E-state index contributed by atoms with van der Waals surface area (Å²) in [5, 5.41) is 3.18. The van der Waals surface area contributed by atoms with E-state index < -0.39 is 5.60 Å². The highest BCUT2D eigenvalue weighted by molar-refractivity contribution is 5.85. The van der Waals surface area contributed by atoms with Crippen LogP contribution in [0.4, 0.5) is 0 Å². The monoisotopic (exact) mass is 222 g/mol. The molecule has 1 saturated heterocycles. The number of hydrogen-bond donors (Lipinski definition) is 2. The molecule has 0 radical (unpaired) electrons. The van der Waals surface area contributed by atoms with Crippen LogP contribution in [0.25, 0.3) is 0 Å². The third-order valence-corrected chi connectivity index (χ3v) is 2.32. The van der Waals surface area contributed by atoms with Crippen molar-refractivity contribution in [2.24, 2.45) is 5.73 Å². The average Bonchev–Trinajstić information content (AvgIpc) is 2.04. The molecule has 0 bridgehead atoms. The van der Waals surface area contributed by atoms with Crippen LogP contribution in [-0.4, -0.2) is 30.7 Å². The molecule has 84 valence electrons. The molecule has 0 aromatic heterocycles. The maximum absolute atomic E-state index is 11.3. The number of nitrogens with two attached hydrogens (primary N) is 1. The fourth-order valence-corrected chi connectivity index (χ4v) is 1.70. The highest BCUT2D eigenvalue weighted by Gasteiger charge is 2.39. The van der Waals surface area contributed by atoms with Gasteiger partial charge in [0.1, 0.15) is 5.60 Å². The minimum atomic E-state index is -0.723. The molecule has 14 heavy (non-hydrogen) atoms. The summed E-state index contributed by atoms with van der Waals surface area (Å²) < 4.78 is 5.63. The van der Waals surface area contributed by atoms with Crippen molar-refractivity contribution in [1.29, 1.82) is 0 Å². The number of rotatable bonds is 3. The van der Waals surface area contributed by atoms with Gasteiger partial charge in [0.25, 0.3) is 0 Å². The molecule has 1 aliphatic heterocycles. The Kier molecular flexibility index (Phi) is 5.41. The van der Waals surface area contributed by atoms with Gasteiger partial charge in [-0.05, 0) is 39.8 Å². The average molecular weight is 223 g/mol. The Morgan fingerprint density at radius 2 is 1.93 bits per heavy atom. The fourth-order valence-electron chi connectivity index (χ4n) is 1.70. The summed E-state index contributed by atoms with van der Waals surface area (Å²) in [6, 6.07) is 0. The number of carbonyl (C=O) groups is 1. The molecule has 4 nitrogen and oxygen atoms in total. The van der Waals surface area contributed by atoms with Gasteiger partial charge in [-0.25, -0.2) is 0 Å². The molecule has 0 aromatic rings. The Hall–Kier alpha value is -0.320. The molecule has 1 heterocycles. The Bertz CT molecular complexity index is 191. The van der Waals surface area contributed by atoms with E-state index in [2.05, 4.69) is 5.32 Å². The van der Waals surface area contributed by atoms with Crippen LogP contribution in [0.3, 0.4) is 0 Å². The molecule has 0 unspecified atom stereocenters. The van der Waals surface area contributed by atoms with Gasteiger partial charge in [-0.3, -0.25) is 4.79 Å². The first-order valence-corrected chi connectivity index (χ1v) is 4.75. The number of carbonyl (C=O) groups excluding carboxylic acids is 1. The zero-order valence-corrected chi connectivity index (χ0v) is 9.52. The molecule has 3 N–H and O–H groups in total. The van der Waals surface area contributed by atoms with Crippen LogP contribution in [0.5, 0.6) is 0 Å². The first-order chi connectivity index (χ1) is 6.07. The lowest BCUT2D eigenvalue weighted by Gasteiger charge is -2.36. The first-order valence-electron chi connectivity index (χ1n) is 4.75. The third-order valence-electron chi connectivity index (χ3n) is 2.32. The lowest BCUT2D eigenvalue weighted by Crippen LogP contribution is -2.54. The second-order valence-electron chi connectivity index (χ2n) is 3.78. The predicted octanol–water partition coefficient (Wildman–Crippen LogP) is 0.441. The van der Waals surface area contributed by atoms with E-state index in [-0.39, 0.29) is 24.4 Å². The van der Waals surface area contributed by atoms with Crippen LogP contribution >= 0.6 is 12.4 Å². The van der Waals surface area contributed by atoms with Crippen molar-refractivity contribution in [2.45, 2.75) is 38.4 Å². The van der Waals surface area contributed by atoms with Crippen LogP contribution in [-0.2, 0) is 9.53 Å². The summed E-state index contributed by atoms with van der Waals surface area (Å²) in [4.78, 5) is 11.3. The zero-order chi connectivity index (χ0) is 9.90. The highest BCUT2D eigenvalue weighted by atomic mass is 35.5. The van der Waals surface area contributed by atoms with Crippen LogP contribution in [0.2, 0.25) is 0 Å². The SMILES string of the molecule is CC(C)OC1(C(N)=O)CCNCC1.Cl. The normalized spacial score (nSPS) is 20.2. The van der Waals surface area contributed by atoms with E-state index in [1.165, 1.54) is 0 Å². The van der Waals surface area contributed by atoms with Gasteiger partial charge in [0.15, 0.2) is 0 Å². The van der Waals surface area contributed by atoms with E-state index >= 15 is 0 Å². The summed E-state index contributed by atoms with van der Waals surface area (Å²) in [5.41, 5.74) is 4.64. The summed E-state index contributed by atoms with van der Waals surface area (Å²) in [6.07, 6.45) is 1.41. The lowest BCUT2D eigenvalue weighted by molar-refractivity contribution is -0.154. The van der Waals surface area contributed by atoms with Gasteiger partial charge >= 0.3 is 0 Å². The van der Waals surface area contributed by atoms with Crippen molar-refractivity contribution >= 4 is 18.3 Å². The van der Waals surface area contributed by atoms with E-state index in [1.807, 2.05) is 13.8 Å². The molecule has 0 aliphatic carbocycles. The predicted molar refractivity (Wildman–Crippen MR) is 57.5 cm³/mol. The van der Waals surface area contributed by atoms with Crippen molar-refractivity contribution in [3.63, 3.8) is 0 Å². The number of hydrogen-bond acceptors (Lipinski definition) is 3. The maximum atomic E-state index is 11.3. The van der Waals surface area contributed by atoms with E-state index in [4.69, 9.17) is 10.5 Å². The molecule has 0 saturated carbocycles. The van der Waals surface area contributed by atoms with Crippen molar-refractivity contribution in [3.8, 4) is 0 Å². The number of ether oxygens (including phenoxy) is 1. The van der Waals surface area contributed by atoms with Gasteiger partial charge in [0.2, 0.25) is 5.91 Å². The van der Waals surface area contributed by atoms with Crippen molar-refractivity contribution in [3.05, 3.63) is 0 Å². The summed E-state index contributed by atoms with van der Waals surface area (Å²) in [6.45, 7) is 5.45. The topological polar surface area (TPSA) is 64.3 Å².